The minimum Gasteiger partial charge on any atom is -0.379 e. The van der Waals surface area contributed by atoms with Crippen molar-refractivity contribution in [1.82, 2.24) is 4.90 Å². The molecular formula is C7H14ClNO4S. The Hall–Kier alpha value is 0.280. The Labute approximate surface area is 92.0 Å². The maximum absolute atomic E-state index is 10.7. The summed E-state index contributed by atoms with van der Waals surface area (Å²) in [7, 11) is 0. The molecule has 84 valence electrons. The molecule has 7 heteroatoms. The molecular weight excluding hydrogens is 230 g/mol. The van der Waals surface area contributed by atoms with Crippen molar-refractivity contribution in [2.24, 2.45) is 0 Å². The first-order valence-electron chi connectivity index (χ1n) is 4.37. The van der Waals surface area contributed by atoms with Gasteiger partial charge in [-0.15, -0.1) is 12.4 Å². The lowest BCUT2D eigenvalue weighted by Crippen LogP contribution is -2.41. The number of nitrogens with zero attached hydrogens (tertiary/aromatic N) is 1. The van der Waals surface area contributed by atoms with Crippen LogP contribution in [0.4, 0.5) is 0 Å². The topological polar surface area (TPSA) is 48.0 Å². The Bertz CT molecular complexity index is 200. The van der Waals surface area contributed by atoms with Gasteiger partial charge in [0.15, 0.2) is 0 Å². The number of ether oxygens (including phenoxy) is 1. The van der Waals surface area contributed by atoms with Crippen molar-refractivity contribution >= 4 is 23.8 Å². The van der Waals surface area contributed by atoms with E-state index in [1.54, 1.807) is 0 Å². The first-order valence-corrected chi connectivity index (χ1v) is 5.37. The quantitative estimate of drug-likeness (QED) is 0.669. The van der Waals surface area contributed by atoms with Gasteiger partial charge in [0, 0.05) is 19.6 Å². The number of hydrogen-bond donors (Lipinski definition) is 0. The van der Waals surface area contributed by atoms with E-state index in [1.807, 2.05) is 0 Å². The summed E-state index contributed by atoms with van der Waals surface area (Å²) < 4.78 is 25.8. The summed E-state index contributed by atoms with van der Waals surface area (Å²) in [4.78, 5) is 2.24. The van der Waals surface area contributed by atoms with E-state index >= 15 is 0 Å². The molecule has 0 saturated carbocycles. The minimum absolute atomic E-state index is 0. The van der Waals surface area contributed by atoms with Crippen LogP contribution in [0.25, 0.3) is 0 Å². The number of hydrogen-bond acceptors (Lipinski definition) is 5. The lowest BCUT2D eigenvalue weighted by molar-refractivity contribution is 0.0225. The predicted octanol–water partition coefficient (Wildman–Crippen LogP) is -0.266. The first-order chi connectivity index (χ1) is 6.34. The maximum Gasteiger partial charge on any atom is 0.305 e. The van der Waals surface area contributed by atoms with Crippen molar-refractivity contribution in [2.75, 3.05) is 39.5 Å². The smallest absolute Gasteiger partial charge is 0.305 e. The average molecular weight is 244 g/mol. The third kappa shape index (κ3) is 3.45. The molecule has 0 spiro atoms. The molecule has 0 radical (unpaired) electrons. The summed E-state index contributed by atoms with van der Waals surface area (Å²) in [6.07, 6.45) is -0.0427. The molecule has 2 fully saturated rings. The zero-order chi connectivity index (χ0) is 9.10. The molecule has 0 N–H and O–H groups in total. The molecule has 0 bridgehead atoms. The van der Waals surface area contributed by atoms with Gasteiger partial charge < -0.3 is 4.74 Å². The van der Waals surface area contributed by atoms with Crippen molar-refractivity contribution in [1.29, 1.82) is 0 Å². The van der Waals surface area contributed by atoms with E-state index in [0.29, 0.717) is 6.61 Å². The molecule has 2 heterocycles. The van der Waals surface area contributed by atoms with E-state index in [4.69, 9.17) is 13.1 Å². The second-order valence-electron chi connectivity index (χ2n) is 3.12. The van der Waals surface area contributed by atoms with Crippen molar-refractivity contribution in [3.63, 3.8) is 0 Å². The van der Waals surface area contributed by atoms with Gasteiger partial charge in [0.05, 0.1) is 19.8 Å². The number of halogens is 1. The zero-order valence-corrected chi connectivity index (χ0v) is 9.35. The summed E-state index contributed by atoms with van der Waals surface area (Å²) in [5.41, 5.74) is 0. The molecule has 14 heavy (non-hydrogen) atoms. The highest BCUT2D eigenvalue weighted by Gasteiger charge is 2.26. The van der Waals surface area contributed by atoms with Crippen LogP contribution in [0.15, 0.2) is 0 Å². The fraction of sp³-hybridized carbons (Fsp3) is 1.00. The summed E-state index contributed by atoms with van der Waals surface area (Å²) in [6, 6.07) is 0. The normalized spacial score (nSPS) is 34.0. The lowest BCUT2D eigenvalue weighted by Gasteiger charge is -2.27. The Balaban J connectivity index is 0.000000980. The predicted molar refractivity (Wildman–Crippen MR) is 53.5 cm³/mol. The maximum atomic E-state index is 10.7. The summed E-state index contributed by atoms with van der Waals surface area (Å²) in [6.45, 7) is 4.62. The van der Waals surface area contributed by atoms with E-state index in [-0.39, 0.29) is 18.5 Å². The second kappa shape index (κ2) is 5.99. The molecule has 0 aromatic rings. The summed E-state index contributed by atoms with van der Waals surface area (Å²) in [5, 5.41) is 0. The van der Waals surface area contributed by atoms with Gasteiger partial charge >= 0.3 is 11.4 Å². The average Bonchev–Trinajstić information content (AvgIpc) is 2.53. The lowest BCUT2D eigenvalue weighted by atomic mass is 10.3. The van der Waals surface area contributed by atoms with Gasteiger partial charge in [-0.05, 0) is 0 Å². The summed E-state index contributed by atoms with van der Waals surface area (Å²) in [5.74, 6) is 0. The van der Waals surface area contributed by atoms with E-state index < -0.39 is 11.4 Å². The largest absolute Gasteiger partial charge is 0.379 e. The standard InChI is InChI=1S/C7H13NO4S.ClH/c9-13-11-6-7(12-13)5-8-1-3-10-4-2-8;/h7H,1-6H2;1H. The number of morpholine rings is 1. The van der Waals surface area contributed by atoms with Crippen LogP contribution in [0.2, 0.25) is 0 Å². The van der Waals surface area contributed by atoms with Crippen molar-refractivity contribution < 1.29 is 17.3 Å². The van der Waals surface area contributed by atoms with Crippen LogP contribution >= 0.6 is 12.4 Å². The molecule has 0 aromatic heterocycles. The van der Waals surface area contributed by atoms with E-state index in [2.05, 4.69) is 4.90 Å². The van der Waals surface area contributed by atoms with Gasteiger partial charge in [0.25, 0.3) is 0 Å². The molecule has 2 aliphatic rings. The van der Waals surface area contributed by atoms with Crippen molar-refractivity contribution in [3.05, 3.63) is 0 Å². The third-order valence-electron chi connectivity index (χ3n) is 2.13. The molecule has 0 amide bonds. The van der Waals surface area contributed by atoms with E-state index in [9.17, 15) is 4.21 Å². The second-order valence-corrected chi connectivity index (χ2v) is 3.96. The Morgan fingerprint density at radius 1 is 1.36 bits per heavy atom. The Morgan fingerprint density at radius 3 is 2.64 bits per heavy atom. The molecule has 2 aliphatic heterocycles. The molecule has 2 saturated heterocycles. The van der Waals surface area contributed by atoms with E-state index in [1.165, 1.54) is 0 Å². The van der Waals surface area contributed by atoms with Crippen LogP contribution < -0.4 is 0 Å². The molecule has 0 aliphatic carbocycles. The SMILES string of the molecule is Cl.O=S1OCC(CN2CCOCC2)O1. The van der Waals surface area contributed by atoms with Crippen LogP contribution in [-0.4, -0.2) is 54.7 Å². The fourth-order valence-corrected chi connectivity index (χ4v) is 2.11. The molecule has 2 atom stereocenters. The first kappa shape index (κ1) is 12.4. The highest BCUT2D eigenvalue weighted by molar-refractivity contribution is 7.75. The van der Waals surface area contributed by atoms with Gasteiger partial charge in [0.1, 0.15) is 6.10 Å². The highest BCUT2D eigenvalue weighted by atomic mass is 35.5. The Morgan fingerprint density at radius 2 is 2.07 bits per heavy atom. The third-order valence-corrected chi connectivity index (χ3v) is 2.89. The monoisotopic (exact) mass is 243 g/mol. The fourth-order valence-electron chi connectivity index (χ4n) is 1.45. The number of rotatable bonds is 2. The van der Waals surface area contributed by atoms with Gasteiger partial charge in [-0.1, -0.05) is 0 Å². The molecule has 2 unspecified atom stereocenters. The van der Waals surface area contributed by atoms with Crippen LogP contribution in [0.5, 0.6) is 0 Å². The van der Waals surface area contributed by atoms with E-state index in [0.717, 1.165) is 32.8 Å². The van der Waals surface area contributed by atoms with Gasteiger partial charge in [-0.3, -0.25) is 13.3 Å². The Kier molecular flexibility index (Phi) is 5.29. The van der Waals surface area contributed by atoms with Crippen LogP contribution in [0.3, 0.4) is 0 Å². The van der Waals surface area contributed by atoms with Crippen molar-refractivity contribution in [3.8, 4) is 0 Å². The van der Waals surface area contributed by atoms with Gasteiger partial charge in [-0.25, -0.2) is 0 Å². The highest BCUT2D eigenvalue weighted by Crippen LogP contribution is 2.10. The van der Waals surface area contributed by atoms with Gasteiger partial charge in [-0.2, -0.15) is 4.21 Å². The van der Waals surface area contributed by atoms with Gasteiger partial charge in [0.2, 0.25) is 0 Å². The minimum atomic E-state index is -1.52. The molecule has 0 aromatic carbocycles. The molecule has 5 nitrogen and oxygen atoms in total. The van der Waals surface area contributed by atoms with Crippen LogP contribution in [0, 0.1) is 0 Å². The van der Waals surface area contributed by atoms with Crippen LogP contribution in [-0.2, 0) is 24.5 Å². The molecule has 2 rings (SSSR count). The van der Waals surface area contributed by atoms with Crippen LogP contribution in [0.1, 0.15) is 0 Å². The zero-order valence-electron chi connectivity index (χ0n) is 7.72. The summed E-state index contributed by atoms with van der Waals surface area (Å²) >= 11 is -1.52. The van der Waals surface area contributed by atoms with Crippen molar-refractivity contribution in [2.45, 2.75) is 6.10 Å².